The Balaban J connectivity index is 2.56. The lowest BCUT2D eigenvalue weighted by atomic mass is 10.2. The maximum Gasteiger partial charge on any atom is 0.239 e. The van der Waals surface area contributed by atoms with Crippen molar-refractivity contribution in [2.75, 3.05) is 30.7 Å². The Kier molecular flexibility index (Phi) is 5.84. The molecule has 0 aliphatic rings. The minimum Gasteiger partial charge on any atom is -0.492 e. The number of nitrogens with two attached hydrogens (primary N) is 1. The lowest BCUT2D eigenvalue weighted by molar-refractivity contribution is -0.119. The van der Waals surface area contributed by atoms with Crippen LogP contribution in [0.5, 0.6) is 5.75 Å². The van der Waals surface area contributed by atoms with Crippen LogP contribution >= 0.6 is 0 Å². The van der Waals surface area contributed by atoms with Crippen LogP contribution in [0.3, 0.4) is 0 Å². The second-order valence-corrected chi connectivity index (χ2v) is 3.85. The van der Waals surface area contributed by atoms with Gasteiger partial charge in [-0.25, -0.2) is 0 Å². The maximum atomic E-state index is 11.5. The highest BCUT2D eigenvalue weighted by molar-refractivity contribution is 5.83. The van der Waals surface area contributed by atoms with Crippen molar-refractivity contribution in [1.82, 2.24) is 5.32 Å². The fraction of sp³-hybridized carbons (Fsp3) is 0.462. The molecule has 4 N–H and O–H groups in total. The van der Waals surface area contributed by atoms with E-state index in [2.05, 4.69) is 10.6 Å². The van der Waals surface area contributed by atoms with Gasteiger partial charge in [0.2, 0.25) is 5.91 Å². The summed E-state index contributed by atoms with van der Waals surface area (Å²) in [4.78, 5) is 11.5. The van der Waals surface area contributed by atoms with Crippen molar-refractivity contribution >= 4 is 17.3 Å². The molecule has 1 amide bonds. The molecule has 0 aliphatic carbocycles. The van der Waals surface area contributed by atoms with Crippen molar-refractivity contribution in [2.24, 2.45) is 0 Å². The summed E-state index contributed by atoms with van der Waals surface area (Å²) in [7, 11) is 0. The zero-order valence-corrected chi connectivity index (χ0v) is 11.0. The number of carbonyl (C=O) groups is 1. The van der Waals surface area contributed by atoms with Gasteiger partial charge in [0.15, 0.2) is 0 Å². The maximum absolute atomic E-state index is 11.5. The molecule has 0 radical (unpaired) electrons. The first-order chi connectivity index (χ1) is 8.69. The number of carbonyl (C=O) groups excluding carboxylic acids is 1. The zero-order valence-electron chi connectivity index (χ0n) is 11.0. The molecule has 0 fully saturated rings. The van der Waals surface area contributed by atoms with Crippen molar-refractivity contribution in [3.63, 3.8) is 0 Å². The Labute approximate surface area is 108 Å². The van der Waals surface area contributed by atoms with Crippen LogP contribution in [-0.2, 0) is 4.79 Å². The summed E-state index contributed by atoms with van der Waals surface area (Å²) in [5.41, 5.74) is 7.18. The second-order valence-electron chi connectivity index (χ2n) is 3.85. The lowest BCUT2D eigenvalue weighted by Crippen LogP contribution is -2.30. The van der Waals surface area contributed by atoms with Crippen molar-refractivity contribution in [3.05, 3.63) is 18.2 Å². The SMILES string of the molecule is CCCNC(=O)CNc1cccc(OCC)c1N. The number of anilines is 2. The van der Waals surface area contributed by atoms with Crippen molar-refractivity contribution in [3.8, 4) is 5.75 Å². The monoisotopic (exact) mass is 251 g/mol. The van der Waals surface area contributed by atoms with E-state index in [1.165, 1.54) is 0 Å². The number of benzene rings is 1. The first-order valence-electron chi connectivity index (χ1n) is 6.20. The second kappa shape index (κ2) is 7.42. The fourth-order valence-corrected chi connectivity index (χ4v) is 1.48. The largest absolute Gasteiger partial charge is 0.492 e. The van der Waals surface area contributed by atoms with E-state index in [0.717, 1.165) is 6.42 Å². The van der Waals surface area contributed by atoms with Gasteiger partial charge in [0.05, 0.1) is 24.5 Å². The summed E-state index contributed by atoms with van der Waals surface area (Å²) in [5.74, 6) is 0.592. The molecule has 0 spiro atoms. The standard InChI is InChI=1S/C13H21N3O2/c1-3-8-15-12(17)9-16-10-6-5-7-11(13(10)14)18-4-2/h5-7,16H,3-4,8-9,14H2,1-2H3,(H,15,17). The molecule has 1 rings (SSSR count). The molecule has 0 saturated heterocycles. The van der Waals surface area contributed by atoms with Crippen LogP contribution < -0.4 is 21.1 Å². The molecule has 0 saturated carbocycles. The zero-order chi connectivity index (χ0) is 13.4. The van der Waals surface area contributed by atoms with Crippen LogP contribution in [0.1, 0.15) is 20.3 Å². The molecular formula is C13H21N3O2. The molecule has 0 aliphatic heterocycles. The quantitative estimate of drug-likeness (QED) is 0.643. The third kappa shape index (κ3) is 4.16. The van der Waals surface area contributed by atoms with Gasteiger partial charge in [-0.15, -0.1) is 0 Å². The van der Waals surface area contributed by atoms with E-state index in [1.54, 1.807) is 6.07 Å². The molecule has 5 nitrogen and oxygen atoms in total. The summed E-state index contributed by atoms with van der Waals surface area (Å²) >= 11 is 0. The molecule has 1 aromatic rings. The van der Waals surface area contributed by atoms with E-state index < -0.39 is 0 Å². The van der Waals surface area contributed by atoms with Crippen LogP contribution in [0, 0.1) is 0 Å². The fourth-order valence-electron chi connectivity index (χ4n) is 1.48. The molecule has 0 atom stereocenters. The van der Waals surface area contributed by atoms with Crippen LogP contribution in [0.15, 0.2) is 18.2 Å². The van der Waals surface area contributed by atoms with Gasteiger partial charge in [0.25, 0.3) is 0 Å². The summed E-state index contributed by atoms with van der Waals surface area (Å²) in [6.07, 6.45) is 0.924. The normalized spacial score (nSPS) is 9.89. The number of nitrogen functional groups attached to an aromatic ring is 1. The van der Waals surface area contributed by atoms with Gasteiger partial charge in [-0.05, 0) is 25.5 Å². The number of rotatable bonds is 7. The summed E-state index contributed by atoms with van der Waals surface area (Å²) in [5, 5.41) is 5.79. The highest BCUT2D eigenvalue weighted by Crippen LogP contribution is 2.28. The molecule has 0 unspecified atom stereocenters. The lowest BCUT2D eigenvalue weighted by Gasteiger charge is -2.13. The topological polar surface area (TPSA) is 76.4 Å². The average Bonchev–Trinajstić information content (AvgIpc) is 2.37. The smallest absolute Gasteiger partial charge is 0.239 e. The molecule has 5 heteroatoms. The average molecular weight is 251 g/mol. The Morgan fingerprint density at radius 3 is 2.83 bits per heavy atom. The van der Waals surface area contributed by atoms with Crippen molar-refractivity contribution in [1.29, 1.82) is 0 Å². The van der Waals surface area contributed by atoms with Gasteiger partial charge in [-0.1, -0.05) is 13.0 Å². The van der Waals surface area contributed by atoms with Crippen LogP contribution in [0.4, 0.5) is 11.4 Å². The first kappa shape index (κ1) is 14.2. The number of ether oxygens (including phenoxy) is 1. The van der Waals surface area contributed by atoms with Crippen molar-refractivity contribution < 1.29 is 9.53 Å². The molecule has 0 aromatic heterocycles. The molecule has 100 valence electrons. The predicted molar refractivity (Wildman–Crippen MR) is 73.8 cm³/mol. The van der Waals surface area contributed by atoms with Gasteiger partial charge in [0.1, 0.15) is 5.75 Å². The van der Waals surface area contributed by atoms with Gasteiger partial charge in [-0.3, -0.25) is 4.79 Å². The number of nitrogens with one attached hydrogen (secondary N) is 2. The van der Waals surface area contributed by atoms with E-state index in [-0.39, 0.29) is 12.5 Å². The Morgan fingerprint density at radius 2 is 2.17 bits per heavy atom. The Bertz CT molecular complexity index is 394. The molecule has 0 heterocycles. The number of para-hydroxylation sites is 1. The van der Waals surface area contributed by atoms with E-state index in [4.69, 9.17) is 10.5 Å². The van der Waals surface area contributed by atoms with E-state index >= 15 is 0 Å². The van der Waals surface area contributed by atoms with Gasteiger partial charge >= 0.3 is 0 Å². The van der Waals surface area contributed by atoms with Gasteiger partial charge < -0.3 is 21.1 Å². The van der Waals surface area contributed by atoms with Crippen LogP contribution in [-0.4, -0.2) is 25.6 Å². The van der Waals surface area contributed by atoms with Gasteiger partial charge in [0, 0.05) is 6.54 Å². The molecule has 18 heavy (non-hydrogen) atoms. The number of hydrogen-bond acceptors (Lipinski definition) is 4. The van der Waals surface area contributed by atoms with E-state index in [9.17, 15) is 4.79 Å². The Hall–Kier alpha value is -1.91. The van der Waals surface area contributed by atoms with Gasteiger partial charge in [-0.2, -0.15) is 0 Å². The predicted octanol–water partition coefficient (Wildman–Crippen LogP) is 1.61. The molecular weight excluding hydrogens is 230 g/mol. The van der Waals surface area contributed by atoms with Crippen LogP contribution in [0.25, 0.3) is 0 Å². The third-order valence-corrected chi connectivity index (χ3v) is 2.38. The van der Waals surface area contributed by atoms with E-state index in [0.29, 0.717) is 30.3 Å². The summed E-state index contributed by atoms with van der Waals surface area (Å²) < 4.78 is 5.38. The highest BCUT2D eigenvalue weighted by atomic mass is 16.5. The molecule has 1 aromatic carbocycles. The van der Waals surface area contributed by atoms with Crippen LogP contribution in [0.2, 0.25) is 0 Å². The summed E-state index contributed by atoms with van der Waals surface area (Å²) in [6.45, 7) is 5.37. The number of hydrogen-bond donors (Lipinski definition) is 3. The third-order valence-electron chi connectivity index (χ3n) is 2.38. The summed E-state index contributed by atoms with van der Waals surface area (Å²) in [6, 6.07) is 5.47. The Morgan fingerprint density at radius 1 is 1.39 bits per heavy atom. The molecule has 0 bridgehead atoms. The number of amides is 1. The van der Waals surface area contributed by atoms with E-state index in [1.807, 2.05) is 26.0 Å². The minimum absolute atomic E-state index is 0.0435. The highest BCUT2D eigenvalue weighted by Gasteiger charge is 2.06. The van der Waals surface area contributed by atoms with Crippen molar-refractivity contribution in [2.45, 2.75) is 20.3 Å². The first-order valence-corrected chi connectivity index (χ1v) is 6.20. The minimum atomic E-state index is -0.0435.